The van der Waals surface area contributed by atoms with Gasteiger partial charge in [-0.15, -0.1) is 5.10 Å². The highest BCUT2D eigenvalue weighted by molar-refractivity contribution is 9.10. The van der Waals surface area contributed by atoms with Crippen molar-refractivity contribution in [1.29, 1.82) is 0 Å². The monoisotopic (exact) mass is 472 g/mol. The lowest BCUT2D eigenvalue weighted by Crippen LogP contribution is -2.33. The van der Waals surface area contributed by atoms with Gasteiger partial charge in [0.15, 0.2) is 0 Å². The van der Waals surface area contributed by atoms with Gasteiger partial charge in [-0.1, -0.05) is 30.0 Å². The molecule has 1 aromatic heterocycles. The molecule has 0 saturated carbocycles. The molecule has 1 N–H and O–H groups in total. The van der Waals surface area contributed by atoms with E-state index in [-0.39, 0.29) is 11.8 Å². The van der Waals surface area contributed by atoms with E-state index in [0.717, 1.165) is 15.8 Å². The van der Waals surface area contributed by atoms with Crippen LogP contribution in [0.25, 0.3) is 5.69 Å². The summed E-state index contributed by atoms with van der Waals surface area (Å²) in [6.45, 7) is 0.501. The number of hydrogen-bond donors (Lipinski definition) is 1. The molecule has 0 aliphatic carbocycles. The lowest BCUT2D eigenvalue weighted by atomic mass is 10.1. The molecule has 29 heavy (non-hydrogen) atoms. The molecule has 1 fully saturated rings. The Balaban J connectivity index is 1.50. The van der Waals surface area contributed by atoms with Gasteiger partial charge in [0.05, 0.1) is 11.4 Å². The standard InChI is InChI=1S/C19H17BrN6O2S/c1-29-19-22-23-24-26(19)13-6-4-5-12(11-13)21-17(27)14-9-10-25(18(14)28)16-8-3-2-7-15(16)20/h2-8,11,14H,9-10H2,1H3,(H,21,27). The summed E-state index contributed by atoms with van der Waals surface area (Å²) in [5.74, 6) is -1.24. The van der Waals surface area contributed by atoms with Gasteiger partial charge >= 0.3 is 0 Å². The van der Waals surface area contributed by atoms with Crippen LogP contribution in [0.2, 0.25) is 0 Å². The molecular weight excluding hydrogens is 456 g/mol. The molecule has 1 atom stereocenters. The van der Waals surface area contributed by atoms with Crippen LogP contribution in [0.4, 0.5) is 11.4 Å². The van der Waals surface area contributed by atoms with Crippen molar-refractivity contribution in [2.24, 2.45) is 5.92 Å². The Morgan fingerprint density at radius 1 is 1.24 bits per heavy atom. The summed E-state index contributed by atoms with van der Waals surface area (Å²) in [6, 6.07) is 14.7. The first-order valence-corrected chi connectivity index (χ1v) is 10.9. The van der Waals surface area contributed by atoms with E-state index in [4.69, 9.17) is 0 Å². The van der Waals surface area contributed by atoms with Gasteiger partial charge in [0.1, 0.15) is 5.92 Å². The molecule has 1 aliphatic heterocycles. The molecule has 3 aromatic rings. The molecule has 0 radical (unpaired) electrons. The van der Waals surface area contributed by atoms with E-state index in [1.807, 2.05) is 36.6 Å². The van der Waals surface area contributed by atoms with E-state index in [2.05, 4.69) is 36.8 Å². The maximum atomic E-state index is 12.8. The summed E-state index contributed by atoms with van der Waals surface area (Å²) >= 11 is 4.89. The zero-order valence-electron chi connectivity index (χ0n) is 15.4. The van der Waals surface area contributed by atoms with Crippen molar-refractivity contribution in [2.75, 3.05) is 23.0 Å². The Hall–Kier alpha value is -2.72. The fraction of sp³-hybridized carbons (Fsp3) is 0.211. The number of nitrogens with one attached hydrogen (secondary N) is 1. The Labute approximate surface area is 179 Å². The van der Waals surface area contributed by atoms with Crippen LogP contribution in [0, 0.1) is 5.92 Å². The number of hydrogen-bond acceptors (Lipinski definition) is 6. The van der Waals surface area contributed by atoms with Gasteiger partial charge in [0.2, 0.25) is 17.0 Å². The molecular formula is C19H17BrN6O2S. The van der Waals surface area contributed by atoms with Crippen molar-refractivity contribution in [1.82, 2.24) is 20.2 Å². The molecule has 148 valence electrons. The summed E-state index contributed by atoms with van der Waals surface area (Å²) in [4.78, 5) is 27.3. The second-order valence-corrected chi connectivity index (χ2v) is 8.03. The molecule has 1 saturated heterocycles. The number of anilines is 2. The van der Waals surface area contributed by atoms with Gasteiger partial charge in [-0.2, -0.15) is 4.68 Å². The number of thioether (sulfide) groups is 1. The van der Waals surface area contributed by atoms with Crippen molar-refractivity contribution in [3.05, 3.63) is 53.0 Å². The van der Waals surface area contributed by atoms with Crippen molar-refractivity contribution >= 4 is 50.9 Å². The normalized spacial score (nSPS) is 16.3. The Morgan fingerprint density at radius 2 is 2.07 bits per heavy atom. The molecule has 1 unspecified atom stereocenters. The van der Waals surface area contributed by atoms with Crippen LogP contribution in [-0.4, -0.2) is 44.8 Å². The maximum absolute atomic E-state index is 12.8. The highest BCUT2D eigenvalue weighted by atomic mass is 79.9. The predicted octanol–water partition coefficient (Wildman–Crippen LogP) is 3.14. The van der Waals surface area contributed by atoms with Crippen LogP contribution in [0.1, 0.15) is 6.42 Å². The number of para-hydroxylation sites is 1. The van der Waals surface area contributed by atoms with Crippen LogP contribution < -0.4 is 10.2 Å². The number of aromatic nitrogens is 4. The van der Waals surface area contributed by atoms with Gasteiger partial charge in [0, 0.05) is 16.7 Å². The number of amides is 2. The molecule has 10 heteroatoms. The highest BCUT2D eigenvalue weighted by Crippen LogP contribution is 2.32. The average molecular weight is 473 g/mol. The SMILES string of the molecule is CSc1nnnn1-c1cccc(NC(=O)C2CCN(c3ccccc3Br)C2=O)c1. The van der Waals surface area contributed by atoms with Gasteiger partial charge in [-0.3, -0.25) is 9.59 Å². The van der Waals surface area contributed by atoms with Crippen LogP contribution in [-0.2, 0) is 9.59 Å². The smallest absolute Gasteiger partial charge is 0.239 e. The van der Waals surface area contributed by atoms with Crippen molar-refractivity contribution < 1.29 is 9.59 Å². The topological polar surface area (TPSA) is 93.0 Å². The number of benzene rings is 2. The fourth-order valence-corrected chi connectivity index (χ4v) is 4.18. The van der Waals surface area contributed by atoms with E-state index >= 15 is 0 Å². The molecule has 0 spiro atoms. The first kappa shape index (κ1) is 19.6. The third kappa shape index (κ3) is 3.90. The molecule has 0 bridgehead atoms. The minimum Gasteiger partial charge on any atom is -0.325 e. The Morgan fingerprint density at radius 3 is 2.86 bits per heavy atom. The van der Waals surface area contributed by atoms with Crippen LogP contribution in [0.15, 0.2) is 58.2 Å². The zero-order valence-corrected chi connectivity index (χ0v) is 17.9. The van der Waals surface area contributed by atoms with Crippen molar-refractivity contribution in [3.63, 3.8) is 0 Å². The van der Waals surface area contributed by atoms with E-state index < -0.39 is 5.92 Å². The first-order valence-electron chi connectivity index (χ1n) is 8.88. The van der Waals surface area contributed by atoms with Gasteiger partial charge in [-0.05, 0) is 69.4 Å². The average Bonchev–Trinajstić information content (AvgIpc) is 3.35. The number of rotatable bonds is 5. The van der Waals surface area contributed by atoms with Crippen LogP contribution in [0.3, 0.4) is 0 Å². The lowest BCUT2D eigenvalue weighted by Gasteiger charge is -2.18. The maximum Gasteiger partial charge on any atom is 0.239 e. The van der Waals surface area contributed by atoms with Gasteiger partial charge < -0.3 is 10.2 Å². The number of nitrogens with zero attached hydrogens (tertiary/aromatic N) is 5. The van der Waals surface area contributed by atoms with Crippen LogP contribution in [0.5, 0.6) is 0 Å². The largest absolute Gasteiger partial charge is 0.325 e. The Kier molecular flexibility index (Phi) is 5.63. The third-order valence-corrected chi connectivity index (χ3v) is 5.94. The summed E-state index contributed by atoms with van der Waals surface area (Å²) < 4.78 is 2.42. The summed E-state index contributed by atoms with van der Waals surface area (Å²) in [5.41, 5.74) is 2.09. The van der Waals surface area contributed by atoms with E-state index in [0.29, 0.717) is 23.8 Å². The molecule has 1 aliphatic rings. The fourth-order valence-electron chi connectivity index (χ4n) is 3.25. The zero-order chi connectivity index (χ0) is 20.4. The molecule has 8 nitrogen and oxygen atoms in total. The molecule has 2 amide bonds. The number of halogens is 1. The third-order valence-electron chi connectivity index (χ3n) is 4.65. The molecule has 2 heterocycles. The van der Waals surface area contributed by atoms with E-state index in [1.165, 1.54) is 11.8 Å². The highest BCUT2D eigenvalue weighted by Gasteiger charge is 2.38. The Bertz CT molecular complexity index is 1070. The predicted molar refractivity (Wildman–Crippen MR) is 114 cm³/mol. The summed E-state index contributed by atoms with van der Waals surface area (Å²) in [5, 5.41) is 15.1. The lowest BCUT2D eigenvalue weighted by molar-refractivity contribution is -0.129. The van der Waals surface area contributed by atoms with Crippen LogP contribution >= 0.6 is 27.7 Å². The second-order valence-electron chi connectivity index (χ2n) is 6.40. The minimum atomic E-state index is -0.722. The van der Waals surface area contributed by atoms with Crippen molar-refractivity contribution in [2.45, 2.75) is 11.6 Å². The number of carbonyl (C=O) groups excluding carboxylic acids is 2. The van der Waals surface area contributed by atoms with Crippen molar-refractivity contribution in [3.8, 4) is 5.69 Å². The van der Waals surface area contributed by atoms with E-state index in [1.54, 1.807) is 27.8 Å². The first-order chi connectivity index (χ1) is 14.1. The number of tetrazole rings is 1. The summed E-state index contributed by atoms with van der Waals surface area (Å²) in [6.07, 6.45) is 2.35. The van der Waals surface area contributed by atoms with Gasteiger partial charge in [0.25, 0.3) is 0 Å². The quantitative estimate of drug-likeness (QED) is 0.452. The minimum absolute atomic E-state index is 0.198. The second kappa shape index (κ2) is 8.34. The number of carbonyl (C=O) groups is 2. The molecule has 4 rings (SSSR count). The summed E-state index contributed by atoms with van der Waals surface area (Å²) in [7, 11) is 0. The molecule has 2 aromatic carbocycles. The van der Waals surface area contributed by atoms with Gasteiger partial charge in [-0.25, -0.2) is 0 Å². The van der Waals surface area contributed by atoms with E-state index in [9.17, 15) is 9.59 Å².